The van der Waals surface area contributed by atoms with Gasteiger partial charge >= 0.3 is 0 Å². The largest absolute Gasteiger partial charge is 0.362 e. The number of carbonyl (C=O) groups is 1. The monoisotopic (exact) mass is 395 g/mol. The predicted octanol–water partition coefficient (Wildman–Crippen LogP) is 3.29. The highest BCUT2D eigenvalue weighted by Crippen LogP contribution is 2.23. The van der Waals surface area contributed by atoms with Gasteiger partial charge in [0.2, 0.25) is 5.00 Å². The molecule has 0 saturated heterocycles. The Morgan fingerprint density at radius 3 is 2.90 bits per heavy atom. The highest BCUT2D eigenvalue weighted by atomic mass is 79.9. The fourth-order valence-corrected chi connectivity index (χ4v) is 2.75. The molecule has 4 nitrogen and oxygen atoms in total. The lowest BCUT2D eigenvalue weighted by Gasteiger charge is -2.25. The summed E-state index contributed by atoms with van der Waals surface area (Å²) in [7, 11) is 0. The van der Waals surface area contributed by atoms with Gasteiger partial charge in [-0.05, 0) is 40.3 Å². The van der Waals surface area contributed by atoms with E-state index in [2.05, 4.69) is 31.5 Å². The number of rotatable bonds is 3. The van der Waals surface area contributed by atoms with Crippen LogP contribution in [0, 0.1) is 0 Å². The third-order valence-electron chi connectivity index (χ3n) is 2.50. The van der Waals surface area contributed by atoms with Crippen LogP contribution in [0.25, 0.3) is 0 Å². The molecule has 20 heavy (non-hydrogen) atoms. The van der Waals surface area contributed by atoms with E-state index in [1.807, 2.05) is 0 Å². The average molecular weight is 397 g/mol. The second kappa shape index (κ2) is 6.35. The van der Waals surface area contributed by atoms with Crippen molar-refractivity contribution in [3.8, 4) is 0 Å². The molecule has 1 aromatic heterocycles. The molecule has 1 aliphatic rings. The summed E-state index contributed by atoms with van der Waals surface area (Å²) in [5, 5.41) is 6.23. The molecule has 0 fully saturated rings. The van der Waals surface area contributed by atoms with E-state index in [4.69, 9.17) is 34.8 Å². The van der Waals surface area contributed by atoms with Crippen molar-refractivity contribution in [2.45, 2.75) is 11.5 Å². The molecule has 8 heteroatoms. The molecule has 0 saturated carbocycles. The number of hydrogen-bond acceptors (Lipinski definition) is 3. The van der Waals surface area contributed by atoms with Crippen LogP contribution in [0.2, 0.25) is 5.02 Å². The number of pyridine rings is 1. The molecule has 2 rings (SSSR count). The van der Waals surface area contributed by atoms with Crippen LogP contribution in [0.3, 0.4) is 0 Å². The molecule has 106 valence electrons. The van der Waals surface area contributed by atoms with Gasteiger partial charge in [0.05, 0.1) is 17.3 Å². The van der Waals surface area contributed by atoms with Crippen LogP contribution in [-0.2, 0) is 11.3 Å². The first-order valence-corrected chi connectivity index (χ1v) is 7.43. The van der Waals surface area contributed by atoms with Gasteiger partial charge in [-0.15, -0.1) is 0 Å². The predicted molar refractivity (Wildman–Crippen MR) is 83.6 cm³/mol. The van der Waals surface area contributed by atoms with E-state index in [1.165, 1.54) is 12.3 Å². The molecule has 1 aliphatic heterocycles. The number of nitrogens with one attached hydrogen (secondary N) is 2. The zero-order valence-corrected chi connectivity index (χ0v) is 13.8. The third kappa shape index (κ3) is 3.67. The Labute approximate surface area is 139 Å². The van der Waals surface area contributed by atoms with Crippen molar-refractivity contribution in [1.82, 2.24) is 15.6 Å². The van der Waals surface area contributed by atoms with Gasteiger partial charge in [0, 0.05) is 15.7 Å². The molecule has 1 amide bonds. The van der Waals surface area contributed by atoms with Crippen molar-refractivity contribution < 1.29 is 4.79 Å². The van der Waals surface area contributed by atoms with E-state index in [-0.39, 0.29) is 6.54 Å². The number of amides is 1. The number of aromatic nitrogens is 1. The number of hydrogen-bond donors (Lipinski definition) is 2. The Bertz CT molecular complexity index is 606. The maximum absolute atomic E-state index is 12.1. The topological polar surface area (TPSA) is 54.0 Å². The van der Waals surface area contributed by atoms with Gasteiger partial charge in [-0.25, -0.2) is 0 Å². The smallest absolute Gasteiger partial charge is 0.265 e. The molecule has 0 bridgehead atoms. The summed E-state index contributed by atoms with van der Waals surface area (Å²) in [6, 6.07) is 1.70. The molecule has 0 aromatic carbocycles. The number of allylic oxidation sites excluding steroid dienone is 2. The van der Waals surface area contributed by atoms with E-state index in [0.29, 0.717) is 15.7 Å². The molecule has 0 radical (unpaired) electrons. The number of dihydropyridines is 1. The number of alkyl halides is 1. The molecule has 2 N–H and O–H groups in total. The van der Waals surface area contributed by atoms with Crippen molar-refractivity contribution in [1.29, 1.82) is 0 Å². The summed E-state index contributed by atoms with van der Waals surface area (Å²) < 4.78 is 0.764. The fourth-order valence-electron chi connectivity index (χ4n) is 1.52. The minimum absolute atomic E-state index is 0.163. The number of halogens is 4. The minimum Gasteiger partial charge on any atom is -0.362 e. The summed E-state index contributed by atoms with van der Waals surface area (Å²) in [5.41, 5.74) is 0.546. The molecule has 0 aliphatic carbocycles. The standard InChI is InChI=1S/C12H9BrCl3N3O/c13-7-3-9(15)10(17-5-7)6-18-11(20)12(16)4-8(14)1-2-19-12/h1-5,19H,6H2,(H,18,20). The highest BCUT2D eigenvalue weighted by molar-refractivity contribution is 9.10. The minimum atomic E-state index is -1.41. The van der Waals surface area contributed by atoms with Gasteiger partial charge in [0.15, 0.2) is 0 Å². The lowest BCUT2D eigenvalue weighted by molar-refractivity contribution is -0.123. The van der Waals surface area contributed by atoms with Gasteiger partial charge in [-0.1, -0.05) is 34.8 Å². The zero-order chi connectivity index (χ0) is 14.8. The molecular formula is C12H9BrCl3N3O. The van der Waals surface area contributed by atoms with Crippen molar-refractivity contribution in [2.24, 2.45) is 0 Å². The Kier molecular flexibility index (Phi) is 4.96. The van der Waals surface area contributed by atoms with Crippen LogP contribution in [0.1, 0.15) is 5.69 Å². The lowest BCUT2D eigenvalue weighted by Crippen LogP contribution is -2.50. The van der Waals surface area contributed by atoms with Crippen molar-refractivity contribution >= 4 is 56.6 Å². The Balaban J connectivity index is 2.04. The molecule has 0 spiro atoms. The van der Waals surface area contributed by atoms with E-state index >= 15 is 0 Å². The number of carbonyl (C=O) groups excluding carboxylic acids is 1. The average Bonchev–Trinajstić information content (AvgIpc) is 2.37. The normalized spacial score (nSPS) is 21.1. The van der Waals surface area contributed by atoms with Crippen LogP contribution < -0.4 is 10.6 Å². The van der Waals surface area contributed by atoms with E-state index < -0.39 is 10.9 Å². The maximum Gasteiger partial charge on any atom is 0.265 e. The van der Waals surface area contributed by atoms with Gasteiger partial charge in [0.25, 0.3) is 5.91 Å². The van der Waals surface area contributed by atoms with Crippen LogP contribution in [0.15, 0.2) is 40.1 Å². The van der Waals surface area contributed by atoms with Gasteiger partial charge in [-0.3, -0.25) is 9.78 Å². The SMILES string of the molecule is O=C(NCc1ncc(Br)cc1Cl)C1(Cl)C=C(Cl)C=CN1. The summed E-state index contributed by atoms with van der Waals surface area (Å²) in [6.45, 7) is 0.163. The number of nitrogens with zero attached hydrogens (tertiary/aromatic N) is 1. The summed E-state index contributed by atoms with van der Waals surface area (Å²) >= 11 is 21.3. The zero-order valence-electron chi connectivity index (χ0n) is 9.96. The molecule has 1 unspecified atom stereocenters. The van der Waals surface area contributed by atoms with Crippen molar-refractivity contribution in [3.63, 3.8) is 0 Å². The van der Waals surface area contributed by atoms with E-state index in [9.17, 15) is 4.79 Å². The second-order valence-corrected chi connectivity index (χ2v) is 6.34. The molecule has 2 heterocycles. The summed E-state index contributed by atoms with van der Waals surface area (Å²) in [4.78, 5) is 14.8. The van der Waals surface area contributed by atoms with Crippen LogP contribution >= 0.6 is 50.7 Å². The van der Waals surface area contributed by atoms with Crippen LogP contribution in [0.4, 0.5) is 0 Å². The molecule has 1 atom stereocenters. The Hall–Kier alpha value is -0.750. The van der Waals surface area contributed by atoms with Crippen molar-refractivity contribution in [2.75, 3.05) is 0 Å². The summed E-state index contributed by atoms with van der Waals surface area (Å²) in [5.74, 6) is -0.442. The first kappa shape index (κ1) is 15.6. The fraction of sp³-hybridized carbons (Fsp3) is 0.167. The Morgan fingerprint density at radius 2 is 2.25 bits per heavy atom. The highest BCUT2D eigenvalue weighted by Gasteiger charge is 2.34. The summed E-state index contributed by atoms with van der Waals surface area (Å²) in [6.07, 6.45) is 6.13. The van der Waals surface area contributed by atoms with Gasteiger partial charge in [0.1, 0.15) is 0 Å². The van der Waals surface area contributed by atoms with E-state index in [1.54, 1.807) is 18.3 Å². The van der Waals surface area contributed by atoms with Crippen LogP contribution in [0.5, 0.6) is 0 Å². The van der Waals surface area contributed by atoms with E-state index in [0.717, 1.165) is 4.47 Å². The van der Waals surface area contributed by atoms with Crippen LogP contribution in [-0.4, -0.2) is 15.9 Å². The van der Waals surface area contributed by atoms with Gasteiger partial charge in [-0.2, -0.15) is 0 Å². The lowest BCUT2D eigenvalue weighted by atomic mass is 10.2. The second-order valence-electron chi connectivity index (χ2n) is 3.98. The first-order chi connectivity index (χ1) is 9.40. The van der Waals surface area contributed by atoms with Gasteiger partial charge < -0.3 is 10.6 Å². The first-order valence-electron chi connectivity index (χ1n) is 5.50. The van der Waals surface area contributed by atoms with Crippen molar-refractivity contribution in [3.05, 3.63) is 50.8 Å². The quantitative estimate of drug-likeness (QED) is 0.608. The molecular weight excluding hydrogens is 388 g/mol. The molecule has 1 aromatic rings. The maximum atomic E-state index is 12.1. The Morgan fingerprint density at radius 1 is 1.50 bits per heavy atom. The third-order valence-corrected chi connectivity index (χ3v) is 3.89.